The van der Waals surface area contributed by atoms with E-state index in [0.717, 1.165) is 0 Å². The highest BCUT2D eigenvalue weighted by atomic mass is 35.5. The zero-order chi connectivity index (χ0) is 25.3. The molecule has 4 rings (SSSR count). The lowest BCUT2D eigenvalue weighted by atomic mass is 10.1. The molecule has 0 aliphatic rings. The lowest BCUT2D eigenvalue weighted by Gasteiger charge is -2.08. The Balaban J connectivity index is 1.80. The number of alkyl halides is 3. The first kappa shape index (κ1) is 24.1. The van der Waals surface area contributed by atoms with Crippen molar-refractivity contribution in [3.05, 3.63) is 53.1 Å². The second-order valence-corrected chi connectivity index (χ2v) is 7.78. The van der Waals surface area contributed by atoms with E-state index in [2.05, 4.69) is 20.1 Å². The number of nitrogens with one attached hydrogen (secondary N) is 1. The third-order valence-electron chi connectivity index (χ3n) is 4.86. The maximum absolute atomic E-state index is 13.3. The van der Waals surface area contributed by atoms with Crippen molar-refractivity contribution in [1.29, 1.82) is 0 Å². The van der Waals surface area contributed by atoms with Gasteiger partial charge in [0.25, 0.3) is 0 Å². The molecule has 0 radical (unpaired) electrons. The second kappa shape index (κ2) is 9.29. The molecule has 4 N–H and O–H groups in total. The number of hydrogen-bond acceptors (Lipinski definition) is 5. The average molecular weight is 507 g/mol. The van der Waals surface area contributed by atoms with E-state index in [-0.39, 0.29) is 29.7 Å². The fourth-order valence-electron chi connectivity index (χ4n) is 3.37. The van der Waals surface area contributed by atoms with E-state index in [1.54, 1.807) is 13.0 Å². The number of aliphatic imine (C=N–C) groups is 1. The predicted octanol–water partition coefficient (Wildman–Crippen LogP) is 4.88. The molecule has 13 heteroatoms. The molecule has 2 aromatic heterocycles. The van der Waals surface area contributed by atoms with Gasteiger partial charge in [0.05, 0.1) is 17.6 Å². The summed E-state index contributed by atoms with van der Waals surface area (Å²) in [6, 6.07) is 10.7. The summed E-state index contributed by atoms with van der Waals surface area (Å²) < 4.78 is 45.2. The Labute approximate surface area is 201 Å². The van der Waals surface area contributed by atoms with Crippen LogP contribution in [-0.2, 0) is 11.3 Å². The summed E-state index contributed by atoms with van der Waals surface area (Å²) in [5, 5.41) is 15.3. The molecular weight excluding hydrogens is 489 g/mol. The molecule has 0 aliphatic heterocycles. The number of amidine groups is 1. The van der Waals surface area contributed by atoms with E-state index in [4.69, 9.17) is 22.1 Å². The molecule has 0 unspecified atom stereocenters. The van der Waals surface area contributed by atoms with Crippen LogP contribution in [0.3, 0.4) is 0 Å². The first-order valence-electron chi connectivity index (χ1n) is 10.2. The van der Waals surface area contributed by atoms with E-state index in [9.17, 15) is 23.1 Å². The number of fused-ring (bicyclic) bond motifs is 1. The molecule has 1 amide bonds. The van der Waals surface area contributed by atoms with Crippen LogP contribution in [0.25, 0.3) is 33.8 Å². The summed E-state index contributed by atoms with van der Waals surface area (Å²) in [5.74, 6) is -0.650. The number of nitrogens with zero attached hydrogens (tertiary/aromatic N) is 4. The smallest absolute Gasteiger partial charge is 0.435 e. The van der Waals surface area contributed by atoms with Crippen LogP contribution in [0.1, 0.15) is 12.5 Å². The number of aromatic hydroxyl groups is 1. The largest absolute Gasteiger partial charge is 0.504 e. The molecule has 0 aliphatic carbocycles. The Hall–Kier alpha value is -4.06. The summed E-state index contributed by atoms with van der Waals surface area (Å²) in [6.07, 6.45) is -5.46. The Kier molecular flexibility index (Phi) is 6.39. The zero-order valence-corrected chi connectivity index (χ0v) is 18.9. The van der Waals surface area contributed by atoms with Crippen molar-refractivity contribution in [3.8, 4) is 28.5 Å². The number of carbonyl (C=O) groups is 1. The number of hydrogen-bond donors (Lipinski definition) is 3. The molecule has 2 aromatic carbocycles. The van der Waals surface area contributed by atoms with Crippen molar-refractivity contribution < 1.29 is 27.8 Å². The molecular formula is C22H18ClF3N6O3. The van der Waals surface area contributed by atoms with E-state index < -0.39 is 24.6 Å². The maximum atomic E-state index is 13.3. The number of amides is 1. The summed E-state index contributed by atoms with van der Waals surface area (Å²) in [4.78, 5) is 22.4. The fraction of sp³-hybridized carbons (Fsp3) is 0.182. The van der Waals surface area contributed by atoms with Crippen LogP contribution < -0.4 is 5.73 Å². The highest BCUT2D eigenvalue weighted by molar-refractivity contribution is 6.30. The third-order valence-corrected chi connectivity index (χ3v) is 5.11. The topological polar surface area (TPSA) is 131 Å². The first-order chi connectivity index (χ1) is 16.6. The Morgan fingerprint density at radius 3 is 2.63 bits per heavy atom. The van der Waals surface area contributed by atoms with Gasteiger partial charge in [0, 0.05) is 16.1 Å². The number of rotatable bonds is 5. The van der Waals surface area contributed by atoms with Gasteiger partial charge in [-0.15, -0.1) is 0 Å². The van der Waals surface area contributed by atoms with Crippen LogP contribution >= 0.6 is 11.6 Å². The van der Waals surface area contributed by atoms with Gasteiger partial charge < -0.3 is 20.6 Å². The summed E-state index contributed by atoms with van der Waals surface area (Å²) in [6.45, 7) is 0.301. The number of halogens is 4. The molecule has 0 saturated carbocycles. The summed E-state index contributed by atoms with van der Waals surface area (Å²) in [7, 11) is 0. The monoisotopic (exact) mass is 506 g/mol. The number of carbonyl (C=O) groups excluding carboxylic acids is 1. The van der Waals surface area contributed by atoms with Gasteiger partial charge in [-0.3, -0.25) is 0 Å². The number of nitrogens with two attached hydrogens (primary N) is 1. The quantitative estimate of drug-likeness (QED) is 0.261. The van der Waals surface area contributed by atoms with Crippen LogP contribution in [0.2, 0.25) is 5.02 Å². The van der Waals surface area contributed by atoms with Gasteiger partial charge in [0.2, 0.25) is 0 Å². The normalized spacial score (nSPS) is 12.3. The lowest BCUT2D eigenvalue weighted by molar-refractivity contribution is -0.142. The molecule has 182 valence electrons. The van der Waals surface area contributed by atoms with Crippen molar-refractivity contribution in [1.82, 2.24) is 19.7 Å². The molecule has 0 saturated heterocycles. The highest BCUT2D eigenvalue weighted by Crippen LogP contribution is 2.39. The molecule has 0 fully saturated rings. The van der Waals surface area contributed by atoms with Gasteiger partial charge in [-0.2, -0.15) is 23.3 Å². The standard InChI is InChI=1S/C22H18ClF3N6O3/c1-2-35-21(34)30-19(27)12-5-8-14-15(9-12)29-20(28-14)17-18(33)16(11-3-6-13(23)7-4-11)31-32(17)10-22(24,25)26/h3-9,33H,2,10H2,1H3,(H,28,29)(H2,27,30,34). The van der Waals surface area contributed by atoms with Crippen LogP contribution in [0.5, 0.6) is 5.75 Å². The number of imidazole rings is 1. The Bertz CT molecular complexity index is 1430. The summed E-state index contributed by atoms with van der Waals surface area (Å²) >= 11 is 5.89. The molecule has 2 heterocycles. The molecule has 0 bridgehead atoms. The van der Waals surface area contributed by atoms with E-state index >= 15 is 0 Å². The van der Waals surface area contributed by atoms with Crippen molar-refractivity contribution in [2.24, 2.45) is 10.7 Å². The first-order valence-corrected chi connectivity index (χ1v) is 10.6. The van der Waals surface area contributed by atoms with Crippen LogP contribution in [0.4, 0.5) is 18.0 Å². The van der Waals surface area contributed by atoms with Crippen molar-refractivity contribution in [2.75, 3.05) is 6.61 Å². The minimum absolute atomic E-state index is 0.0486. The van der Waals surface area contributed by atoms with E-state index in [1.165, 1.54) is 36.4 Å². The van der Waals surface area contributed by atoms with Crippen molar-refractivity contribution in [3.63, 3.8) is 0 Å². The molecule has 0 atom stereocenters. The van der Waals surface area contributed by atoms with Gasteiger partial charge in [-0.1, -0.05) is 23.7 Å². The maximum Gasteiger partial charge on any atom is 0.435 e. The highest BCUT2D eigenvalue weighted by Gasteiger charge is 2.33. The van der Waals surface area contributed by atoms with Crippen molar-refractivity contribution in [2.45, 2.75) is 19.6 Å². The van der Waals surface area contributed by atoms with Crippen molar-refractivity contribution >= 4 is 34.6 Å². The minimum atomic E-state index is -4.61. The lowest BCUT2D eigenvalue weighted by Crippen LogP contribution is -2.19. The number of benzene rings is 2. The van der Waals surface area contributed by atoms with E-state index in [0.29, 0.717) is 31.9 Å². The average Bonchev–Trinajstić information content (AvgIpc) is 3.33. The van der Waals surface area contributed by atoms with Gasteiger partial charge in [-0.05, 0) is 37.3 Å². The fourth-order valence-corrected chi connectivity index (χ4v) is 3.50. The number of H-pyrrole nitrogens is 1. The van der Waals surface area contributed by atoms with Gasteiger partial charge >= 0.3 is 12.3 Å². The SMILES string of the molecule is CCOC(=O)/N=C(\N)c1ccc2nc(-c3c(O)c(-c4ccc(Cl)cc4)nn3CC(F)(F)F)[nH]c2c1. The second-order valence-electron chi connectivity index (χ2n) is 7.34. The zero-order valence-electron chi connectivity index (χ0n) is 18.1. The van der Waals surface area contributed by atoms with Crippen LogP contribution in [-0.4, -0.2) is 49.6 Å². The number of aromatic nitrogens is 4. The van der Waals surface area contributed by atoms with Gasteiger partial charge in [0.15, 0.2) is 11.6 Å². The molecule has 9 nitrogen and oxygen atoms in total. The van der Waals surface area contributed by atoms with Gasteiger partial charge in [-0.25, -0.2) is 14.5 Å². The molecule has 4 aromatic rings. The predicted molar refractivity (Wildman–Crippen MR) is 123 cm³/mol. The van der Waals surface area contributed by atoms with Crippen LogP contribution in [0, 0.1) is 0 Å². The van der Waals surface area contributed by atoms with E-state index in [1.807, 2.05) is 0 Å². The number of aromatic amines is 1. The van der Waals surface area contributed by atoms with Gasteiger partial charge in [0.1, 0.15) is 23.8 Å². The Morgan fingerprint density at radius 2 is 1.97 bits per heavy atom. The Morgan fingerprint density at radius 1 is 1.26 bits per heavy atom. The minimum Gasteiger partial charge on any atom is -0.504 e. The summed E-state index contributed by atoms with van der Waals surface area (Å²) in [5.41, 5.74) is 7.03. The molecule has 0 spiro atoms. The molecule has 35 heavy (non-hydrogen) atoms. The number of ether oxygens (including phenoxy) is 1. The van der Waals surface area contributed by atoms with Crippen LogP contribution in [0.15, 0.2) is 47.5 Å². The third kappa shape index (κ3) is 5.22.